The van der Waals surface area contributed by atoms with E-state index in [1.807, 2.05) is 20.8 Å². The first-order chi connectivity index (χ1) is 12.7. The molecule has 4 N–H and O–H groups in total. The van der Waals surface area contributed by atoms with E-state index < -0.39 is 53.8 Å². The SMILES string of the molecule is CCCCCCCC(=O)C(O)[C@](O)([C@H]1OC(=O)C(O)=C1O)[Si](C)(C)C(C)(C)C. The van der Waals surface area contributed by atoms with Crippen LogP contribution in [0.2, 0.25) is 18.1 Å². The number of unbranched alkanes of at least 4 members (excludes halogenated alkanes) is 4. The molecule has 1 aliphatic rings. The first-order valence-corrected chi connectivity index (χ1v) is 13.0. The van der Waals surface area contributed by atoms with Crippen molar-refractivity contribution in [3.8, 4) is 0 Å². The normalized spacial score (nSPS) is 21.4. The second kappa shape index (κ2) is 8.96. The van der Waals surface area contributed by atoms with E-state index in [1.165, 1.54) is 0 Å². The van der Waals surface area contributed by atoms with E-state index in [9.17, 15) is 30.0 Å². The number of cyclic esters (lactones) is 1. The quantitative estimate of drug-likeness (QED) is 0.245. The van der Waals surface area contributed by atoms with Crippen LogP contribution in [0.5, 0.6) is 0 Å². The summed E-state index contributed by atoms with van der Waals surface area (Å²) in [6.07, 6.45) is 1.12. The second-order valence-electron chi connectivity index (χ2n) is 9.25. The standard InChI is InChI=1S/C20H36O7Si/c1-7-8-9-10-11-12-13(21)16(24)20(26,28(5,6)19(2,3)4)17-14(22)15(23)18(25)27-17/h16-17,22-24,26H,7-12H2,1-6H3/t16?,17-,20+/m0/s1. The summed E-state index contributed by atoms with van der Waals surface area (Å²) in [5.74, 6) is -3.58. The highest BCUT2D eigenvalue weighted by molar-refractivity contribution is 6.83. The zero-order valence-corrected chi connectivity index (χ0v) is 18.9. The minimum Gasteiger partial charge on any atom is -0.505 e. The Morgan fingerprint density at radius 1 is 1.14 bits per heavy atom. The molecule has 3 atom stereocenters. The van der Waals surface area contributed by atoms with Crippen LogP contribution in [0.25, 0.3) is 0 Å². The zero-order chi connectivity index (χ0) is 21.9. The number of ketones is 1. The van der Waals surface area contributed by atoms with E-state index in [-0.39, 0.29) is 6.42 Å². The molecule has 7 nitrogen and oxygen atoms in total. The molecule has 0 aliphatic carbocycles. The Kier molecular flexibility index (Phi) is 7.89. The molecule has 0 saturated heterocycles. The molecule has 0 aromatic carbocycles. The van der Waals surface area contributed by atoms with Gasteiger partial charge in [-0.3, -0.25) is 4.79 Å². The predicted molar refractivity (Wildman–Crippen MR) is 109 cm³/mol. The van der Waals surface area contributed by atoms with Gasteiger partial charge in [-0.2, -0.15) is 0 Å². The van der Waals surface area contributed by atoms with Crippen molar-refractivity contribution in [2.45, 2.75) is 102 Å². The molecule has 1 rings (SSSR count). The fourth-order valence-corrected chi connectivity index (χ4v) is 6.34. The molecular weight excluding hydrogens is 380 g/mol. The first-order valence-electron chi connectivity index (χ1n) is 9.99. The third-order valence-electron chi connectivity index (χ3n) is 6.43. The molecule has 8 heteroatoms. The third-order valence-corrected chi connectivity index (χ3v) is 12.7. The lowest BCUT2D eigenvalue weighted by Crippen LogP contribution is -2.73. The first kappa shape index (κ1) is 24.7. The van der Waals surface area contributed by atoms with Crippen LogP contribution in [0, 0.1) is 0 Å². The van der Waals surface area contributed by atoms with Gasteiger partial charge in [0.25, 0.3) is 0 Å². The van der Waals surface area contributed by atoms with Gasteiger partial charge in [-0.05, 0) is 11.5 Å². The van der Waals surface area contributed by atoms with Gasteiger partial charge in [0.2, 0.25) is 5.76 Å². The minimum absolute atomic E-state index is 0.0823. The lowest BCUT2D eigenvalue weighted by molar-refractivity contribution is -0.162. The highest BCUT2D eigenvalue weighted by atomic mass is 28.3. The van der Waals surface area contributed by atoms with Crippen molar-refractivity contribution >= 4 is 19.8 Å². The molecule has 0 bridgehead atoms. The topological polar surface area (TPSA) is 124 Å². The number of hydrogen-bond acceptors (Lipinski definition) is 7. The van der Waals surface area contributed by atoms with Crippen molar-refractivity contribution < 1.29 is 34.8 Å². The molecule has 0 aromatic heterocycles. The Hall–Kier alpha value is -1.38. The molecule has 1 aliphatic heterocycles. The van der Waals surface area contributed by atoms with E-state index >= 15 is 0 Å². The Morgan fingerprint density at radius 2 is 1.68 bits per heavy atom. The number of carbonyl (C=O) groups is 2. The Morgan fingerprint density at radius 3 is 2.11 bits per heavy atom. The largest absolute Gasteiger partial charge is 0.505 e. The highest BCUT2D eigenvalue weighted by Gasteiger charge is 2.66. The van der Waals surface area contributed by atoms with Crippen LogP contribution in [-0.4, -0.2) is 57.7 Å². The maximum Gasteiger partial charge on any atom is 0.377 e. The fourth-order valence-electron chi connectivity index (χ4n) is 3.44. The molecule has 162 valence electrons. The number of carbonyl (C=O) groups excluding carboxylic acids is 2. The van der Waals surface area contributed by atoms with Gasteiger partial charge in [0.05, 0.1) is 8.07 Å². The van der Waals surface area contributed by atoms with Crippen LogP contribution >= 0.6 is 0 Å². The molecule has 1 unspecified atom stereocenters. The summed E-state index contributed by atoms with van der Waals surface area (Å²) in [7, 11) is -3.01. The average molecular weight is 417 g/mol. The average Bonchev–Trinajstić information content (AvgIpc) is 2.86. The number of ether oxygens (including phenoxy) is 1. The van der Waals surface area contributed by atoms with Crippen LogP contribution in [0.15, 0.2) is 11.5 Å². The maximum absolute atomic E-state index is 12.7. The Labute approximate surface area is 168 Å². The second-order valence-corrected chi connectivity index (χ2v) is 14.8. The number of Topliss-reactive ketones (excluding diaryl/α,β-unsaturated/α-hetero) is 1. The van der Waals surface area contributed by atoms with Gasteiger partial charge in [-0.25, -0.2) is 4.79 Å². The Balaban J connectivity index is 3.22. The van der Waals surface area contributed by atoms with Gasteiger partial charge in [-0.1, -0.05) is 66.5 Å². The number of aliphatic hydroxyl groups is 4. The van der Waals surface area contributed by atoms with Crippen LogP contribution < -0.4 is 0 Å². The molecule has 0 radical (unpaired) electrons. The Bertz CT molecular complexity index is 621. The number of rotatable bonds is 10. The van der Waals surface area contributed by atoms with E-state index in [0.717, 1.165) is 25.7 Å². The summed E-state index contributed by atoms with van der Waals surface area (Å²) in [5.41, 5.74) is 0. The summed E-state index contributed by atoms with van der Waals surface area (Å²) < 4.78 is 5.02. The molecule has 0 spiro atoms. The predicted octanol–water partition coefficient (Wildman–Crippen LogP) is 3.31. The highest BCUT2D eigenvalue weighted by Crippen LogP contribution is 2.48. The smallest absolute Gasteiger partial charge is 0.377 e. The molecular formula is C20H36O7Si. The van der Waals surface area contributed by atoms with E-state index in [2.05, 4.69) is 6.92 Å². The van der Waals surface area contributed by atoms with Crippen LogP contribution in [-0.2, 0) is 14.3 Å². The molecule has 1 heterocycles. The minimum atomic E-state index is -3.01. The fraction of sp³-hybridized carbons (Fsp3) is 0.800. The molecule has 28 heavy (non-hydrogen) atoms. The van der Waals surface area contributed by atoms with Crippen LogP contribution in [0.1, 0.15) is 66.2 Å². The third kappa shape index (κ3) is 4.44. The summed E-state index contributed by atoms with van der Waals surface area (Å²) in [6, 6.07) is 0. The number of aliphatic hydroxyl groups excluding tert-OH is 3. The summed E-state index contributed by atoms with van der Waals surface area (Å²) in [5, 5.41) is 39.8. The lowest BCUT2D eigenvalue weighted by Gasteiger charge is -2.52. The monoisotopic (exact) mass is 416 g/mol. The summed E-state index contributed by atoms with van der Waals surface area (Å²) in [6.45, 7) is 11.2. The lowest BCUT2D eigenvalue weighted by atomic mass is 9.98. The molecule has 0 aromatic rings. The number of esters is 1. The van der Waals surface area contributed by atoms with E-state index in [0.29, 0.717) is 6.42 Å². The summed E-state index contributed by atoms with van der Waals surface area (Å²) >= 11 is 0. The van der Waals surface area contributed by atoms with Crippen molar-refractivity contribution in [2.24, 2.45) is 0 Å². The van der Waals surface area contributed by atoms with Crippen molar-refractivity contribution in [3.63, 3.8) is 0 Å². The van der Waals surface area contributed by atoms with Gasteiger partial charge in [0.1, 0.15) is 11.3 Å². The zero-order valence-electron chi connectivity index (χ0n) is 17.9. The van der Waals surface area contributed by atoms with Gasteiger partial charge >= 0.3 is 5.97 Å². The van der Waals surface area contributed by atoms with Crippen molar-refractivity contribution in [3.05, 3.63) is 11.5 Å². The van der Waals surface area contributed by atoms with Crippen molar-refractivity contribution in [1.29, 1.82) is 0 Å². The van der Waals surface area contributed by atoms with E-state index in [4.69, 9.17) is 4.74 Å². The van der Waals surface area contributed by atoms with Gasteiger partial charge in [0, 0.05) is 6.42 Å². The molecule has 0 fully saturated rings. The van der Waals surface area contributed by atoms with Crippen LogP contribution in [0.4, 0.5) is 0 Å². The summed E-state index contributed by atoms with van der Waals surface area (Å²) in [4.78, 5) is 24.5. The van der Waals surface area contributed by atoms with Crippen LogP contribution in [0.3, 0.4) is 0 Å². The van der Waals surface area contributed by atoms with Crippen molar-refractivity contribution in [1.82, 2.24) is 0 Å². The molecule has 0 saturated carbocycles. The van der Waals surface area contributed by atoms with Gasteiger partial charge < -0.3 is 25.2 Å². The van der Waals surface area contributed by atoms with Gasteiger partial charge in [-0.15, -0.1) is 0 Å². The van der Waals surface area contributed by atoms with Crippen molar-refractivity contribution in [2.75, 3.05) is 0 Å². The number of hydrogen-bond donors (Lipinski definition) is 4. The molecule has 0 amide bonds. The maximum atomic E-state index is 12.7. The van der Waals surface area contributed by atoms with E-state index in [1.54, 1.807) is 13.1 Å². The van der Waals surface area contributed by atoms with Gasteiger partial charge in [0.15, 0.2) is 17.6 Å².